The van der Waals surface area contributed by atoms with Crippen molar-refractivity contribution in [2.24, 2.45) is 0 Å². The molecule has 0 saturated carbocycles. The summed E-state index contributed by atoms with van der Waals surface area (Å²) in [5.41, 5.74) is 1.72. The molecule has 1 heteroatoms. The zero-order valence-corrected chi connectivity index (χ0v) is 5.80. The van der Waals surface area contributed by atoms with E-state index in [1.54, 1.807) is 5.70 Å². The van der Waals surface area contributed by atoms with E-state index in [1.165, 1.54) is 23.7 Å². The summed E-state index contributed by atoms with van der Waals surface area (Å²) in [6.07, 6.45) is 6.86. The highest BCUT2D eigenvalue weighted by Gasteiger charge is 2.62. The largest absolute Gasteiger partial charge is 0.288 e. The van der Waals surface area contributed by atoms with Crippen molar-refractivity contribution in [2.75, 3.05) is 7.05 Å². The fourth-order valence-electron chi connectivity index (χ4n) is 2.84. The van der Waals surface area contributed by atoms with E-state index in [0.29, 0.717) is 0 Å². The van der Waals surface area contributed by atoms with Crippen molar-refractivity contribution in [2.45, 2.75) is 31.3 Å². The van der Waals surface area contributed by atoms with Crippen molar-refractivity contribution < 1.29 is 4.48 Å². The van der Waals surface area contributed by atoms with E-state index in [1.807, 2.05) is 0 Å². The lowest BCUT2D eigenvalue weighted by molar-refractivity contribution is -0.954. The first kappa shape index (κ1) is 4.51. The minimum Gasteiger partial charge on any atom is -0.288 e. The molecule has 0 aromatic rings. The third-order valence-electron chi connectivity index (χ3n) is 3.69. The molecule has 3 unspecified atom stereocenters. The summed E-state index contributed by atoms with van der Waals surface area (Å²) >= 11 is 0. The highest BCUT2D eigenvalue weighted by molar-refractivity contribution is 5.21. The fourth-order valence-corrected chi connectivity index (χ4v) is 2.84. The smallest absolute Gasteiger partial charge is 0.118 e. The molecule has 3 aliphatic heterocycles. The van der Waals surface area contributed by atoms with Gasteiger partial charge in [-0.1, -0.05) is 0 Å². The van der Waals surface area contributed by atoms with Gasteiger partial charge in [0.15, 0.2) is 0 Å². The normalized spacial score (nSPS) is 59.4. The van der Waals surface area contributed by atoms with Crippen LogP contribution in [0.2, 0.25) is 0 Å². The van der Waals surface area contributed by atoms with Crippen molar-refractivity contribution >= 4 is 0 Å². The molecule has 9 heavy (non-hydrogen) atoms. The molecular formula is C8H12N+. The zero-order valence-electron chi connectivity index (χ0n) is 5.80. The first-order valence-corrected chi connectivity index (χ1v) is 3.89. The van der Waals surface area contributed by atoms with Crippen LogP contribution in [0.3, 0.4) is 0 Å². The maximum Gasteiger partial charge on any atom is 0.118 e. The van der Waals surface area contributed by atoms with Crippen LogP contribution < -0.4 is 0 Å². The van der Waals surface area contributed by atoms with Gasteiger partial charge in [0.1, 0.15) is 17.8 Å². The predicted molar refractivity (Wildman–Crippen MR) is 35.7 cm³/mol. The lowest BCUT2D eigenvalue weighted by Gasteiger charge is -2.55. The molecular weight excluding hydrogens is 110 g/mol. The molecule has 2 fully saturated rings. The van der Waals surface area contributed by atoms with Crippen LogP contribution in [0, 0.1) is 0 Å². The summed E-state index contributed by atoms with van der Waals surface area (Å²) in [5, 5.41) is 0. The van der Waals surface area contributed by atoms with Crippen molar-refractivity contribution in [3.05, 3.63) is 11.8 Å². The molecule has 0 aliphatic carbocycles. The van der Waals surface area contributed by atoms with Crippen molar-refractivity contribution in [3.8, 4) is 0 Å². The van der Waals surface area contributed by atoms with E-state index in [4.69, 9.17) is 0 Å². The summed E-state index contributed by atoms with van der Waals surface area (Å²) in [5.74, 6) is 0. The lowest BCUT2D eigenvalue weighted by Crippen LogP contribution is -2.65. The number of rotatable bonds is 0. The van der Waals surface area contributed by atoms with Crippen LogP contribution in [-0.4, -0.2) is 23.6 Å². The Morgan fingerprint density at radius 3 is 3.00 bits per heavy atom. The SMILES string of the molecule is C[N+]12C3=CC1CCC2C3. The van der Waals surface area contributed by atoms with E-state index in [-0.39, 0.29) is 0 Å². The number of hydrogen-bond donors (Lipinski definition) is 0. The lowest BCUT2D eigenvalue weighted by atomic mass is 9.88. The van der Waals surface area contributed by atoms with Crippen LogP contribution in [-0.2, 0) is 0 Å². The van der Waals surface area contributed by atoms with Crippen LogP contribution in [0.25, 0.3) is 0 Å². The monoisotopic (exact) mass is 122 g/mol. The number of likely N-dealkylation sites (N-methyl/N-ethyl adjacent to an activating group) is 1. The Balaban J connectivity index is 2.16. The molecule has 3 rings (SSSR count). The highest BCUT2D eigenvalue weighted by atomic mass is 15.5. The van der Waals surface area contributed by atoms with Gasteiger partial charge in [-0.3, -0.25) is 4.48 Å². The predicted octanol–water partition coefficient (Wildman–Crippen LogP) is 1.27. The number of hydrogen-bond acceptors (Lipinski definition) is 0. The summed E-state index contributed by atoms with van der Waals surface area (Å²) in [6, 6.07) is 1.98. The van der Waals surface area contributed by atoms with Crippen LogP contribution in [0.15, 0.2) is 11.8 Å². The molecule has 3 heterocycles. The Bertz CT molecular complexity index is 207. The molecule has 0 radical (unpaired) electrons. The van der Waals surface area contributed by atoms with E-state index in [2.05, 4.69) is 13.1 Å². The maximum absolute atomic E-state index is 2.49. The van der Waals surface area contributed by atoms with Crippen molar-refractivity contribution in [1.29, 1.82) is 0 Å². The van der Waals surface area contributed by atoms with E-state index < -0.39 is 0 Å². The van der Waals surface area contributed by atoms with Crippen molar-refractivity contribution in [1.82, 2.24) is 0 Å². The molecule has 0 spiro atoms. The molecule has 1 nitrogen and oxygen atoms in total. The molecule has 3 aliphatic rings. The summed E-state index contributed by atoms with van der Waals surface area (Å²) in [6.45, 7) is 0. The molecule has 2 saturated heterocycles. The molecule has 0 aromatic heterocycles. The Labute approximate surface area is 55.6 Å². The molecule has 48 valence electrons. The maximum atomic E-state index is 2.49. The van der Waals surface area contributed by atoms with Gasteiger partial charge in [-0.2, -0.15) is 0 Å². The average Bonchev–Trinajstić information content (AvgIpc) is 2.20. The Morgan fingerprint density at radius 1 is 1.56 bits per heavy atom. The third kappa shape index (κ3) is 0.265. The van der Waals surface area contributed by atoms with E-state index >= 15 is 0 Å². The number of quaternary nitrogens is 1. The minimum atomic E-state index is 0.943. The second-order valence-corrected chi connectivity index (χ2v) is 3.81. The van der Waals surface area contributed by atoms with E-state index in [9.17, 15) is 0 Å². The molecule has 0 amide bonds. The van der Waals surface area contributed by atoms with Gasteiger partial charge in [-0.25, -0.2) is 0 Å². The first-order chi connectivity index (χ1) is 4.32. The molecule has 0 bridgehead atoms. The quantitative estimate of drug-likeness (QED) is 0.424. The van der Waals surface area contributed by atoms with Gasteiger partial charge in [-0.15, -0.1) is 0 Å². The molecule has 0 aromatic carbocycles. The second-order valence-electron chi connectivity index (χ2n) is 3.81. The van der Waals surface area contributed by atoms with Gasteiger partial charge < -0.3 is 0 Å². The van der Waals surface area contributed by atoms with Crippen LogP contribution in [0.4, 0.5) is 0 Å². The van der Waals surface area contributed by atoms with Crippen LogP contribution in [0.5, 0.6) is 0 Å². The second kappa shape index (κ2) is 0.988. The standard InChI is InChI=1S/C8H12N/c1-9-6-2-3-7(9)5-8(9)4-6/h4,6-7H,2-3,5H2,1H3/q+1. The third-order valence-corrected chi connectivity index (χ3v) is 3.69. The fraction of sp³-hybridized carbons (Fsp3) is 0.750. The summed E-state index contributed by atoms with van der Waals surface area (Å²) < 4.78 is 1.36. The van der Waals surface area contributed by atoms with Gasteiger partial charge in [0, 0.05) is 18.9 Å². The van der Waals surface area contributed by atoms with Gasteiger partial charge in [0.2, 0.25) is 0 Å². The van der Waals surface area contributed by atoms with Gasteiger partial charge in [0.25, 0.3) is 0 Å². The Kier molecular flexibility index (Phi) is 0.495. The van der Waals surface area contributed by atoms with E-state index in [0.717, 1.165) is 12.1 Å². The molecule has 3 atom stereocenters. The Morgan fingerprint density at radius 2 is 2.44 bits per heavy atom. The van der Waals surface area contributed by atoms with Gasteiger partial charge >= 0.3 is 0 Å². The zero-order chi connectivity index (χ0) is 6.06. The topological polar surface area (TPSA) is 0 Å². The van der Waals surface area contributed by atoms with Gasteiger partial charge in [0.05, 0.1) is 13.5 Å². The number of nitrogens with zero attached hydrogens (tertiary/aromatic N) is 1. The summed E-state index contributed by atoms with van der Waals surface area (Å²) in [7, 11) is 2.40. The minimum absolute atomic E-state index is 0.943. The van der Waals surface area contributed by atoms with Gasteiger partial charge in [-0.05, 0) is 0 Å². The molecule has 0 N–H and O–H groups in total. The summed E-state index contributed by atoms with van der Waals surface area (Å²) in [4.78, 5) is 0. The highest BCUT2D eigenvalue weighted by Crippen LogP contribution is 2.55. The van der Waals surface area contributed by atoms with Crippen LogP contribution >= 0.6 is 0 Å². The van der Waals surface area contributed by atoms with Crippen LogP contribution in [0.1, 0.15) is 19.3 Å². The first-order valence-electron chi connectivity index (χ1n) is 3.89. The van der Waals surface area contributed by atoms with Crippen molar-refractivity contribution in [3.63, 3.8) is 0 Å². The average molecular weight is 122 g/mol. The Hall–Kier alpha value is -0.300.